The Morgan fingerprint density at radius 1 is 1.21 bits per heavy atom. The Morgan fingerprint density at radius 2 is 1.92 bits per heavy atom. The van der Waals surface area contributed by atoms with Gasteiger partial charge in [0.1, 0.15) is 6.04 Å². The fourth-order valence-electron chi connectivity index (χ4n) is 4.33. The molecular weight excluding hydrogens is 306 g/mol. The molecule has 1 spiro atoms. The van der Waals surface area contributed by atoms with Gasteiger partial charge in [-0.1, -0.05) is 24.3 Å². The minimum Gasteiger partial charge on any atom is -0.467 e. The molecule has 1 aliphatic carbocycles. The molecule has 128 valence electrons. The zero-order valence-electron chi connectivity index (χ0n) is 14.0. The standard InChI is InChI=1S/C19H23NO4/c1-23-18(22)16-10-13-4-2-3-5-14(13)12-20(16)17(21)15-11-19(15)6-8-24-9-7-19/h2-5,15-16H,6-12H2,1H3. The number of methoxy groups -OCH3 is 1. The molecule has 2 atom stereocenters. The van der Waals surface area contributed by atoms with Gasteiger partial charge in [-0.2, -0.15) is 0 Å². The van der Waals surface area contributed by atoms with E-state index >= 15 is 0 Å². The fraction of sp³-hybridized carbons (Fsp3) is 0.579. The van der Waals surface area contributed by atoms with Gasteiger partial charge in [-0.3, -0.25) is 4.79 Å². The maximum absolute atomic E-state index is 13.2. The van der Waals surface area contributed by atoms with E-state index in [0.29, 0.717) is 13.0 Å². The minimum absolute atomic E-state index is 0.0406. The second-order valence-corrected chi connectivity index (χ2v) is 7.21. The van der Waals surface area contributed by atoms with Crippen molar-refractivity contribution in [3.63, 3.8) is 0 Å². The summed E-state index contributed by atoms with van der Waals surface area (Å²) < 4.78 is 10.4. The van der Waals surface area contributed by atoms with Crippen LogP contribution in [0.2, 0.25) is 0 Å². The Labute approximate surface area is 141 Å². The summed E-state index contributed by atoms with van der Waals surface area (Å²) in [5.74, 6) is -0.167. The number of amides is 1. The van der Waals surface area contributed by atoms with E-state index in [1.807, 2.05) is 24.3 Å². The summed E-state index contributed by atoms with van der Waals surface area (Å²) in [5, 5.41) is 0. The number of nitrogens with zero attached hydrogens (tertiary/aromatic N) is 1. The Balaban J connectivity index is 1.58. The predicted octanol–water partition coefficient (Wildman–Crippen LogP) is 1.93. The number of benzene rings is 1. The normalized spacial score (nSPS) is 27.5. The first kappa shape index (κ1) is 15.6. The third kappa shape index (κ3) is 2.51. The largest absolute Gasteiger partial charge is 0.467 e. The zero-order chi connectivity index (χ0) is 16.7. The highest BCUT2D eigenvalue weighted by molar-refractivity contribution is 5.88. The topological polar surface area (TPSA) is 55.8 Å². The van der Waals surface area contributed by atoms with Gasteiger partial charge in [0.05, 0.1) is 7.11 Å². The first-order valence-electron chi connectivity index (χ1n) is 8.67. The van der Waals surface area contributed by atoms with Crippen LogP contribution >= 0.6 is 0 Å². The van der Waals surface area contributed by atoms with Crippen molar-refractivity contribution in [1.82, 2.24) is 4.90 Å². The third-order valence-corrected chi connectivity index (χ3v) is 5.98. The lowest BCUT2D eigenvalue weighted by atomic mass is 9.91. The van der Waals surface area contributed by atoms with E-state index < -0.39 is 6.04 Å². The Kier molecular flexibility index (Phi) is 3.83. The first-order valence-corrected chi connectivity index (χ1v) is 8.67. The summed E-state index contributed by atoms with van der Waals surface area (Å²) in [4.78, 5) is 27.2. The number of carbonyl (C=O) groups is 2. The second-order valence-electron chi connectivity index (χ2n) is 7.21. The SMILES string of the molecule is COC(=O)C1Cc2ccccc2CN1C(=O)C1CC12CCOCC2. The molecule has 2 fully saturated rings. The number of esters is 1. The quantitative estimate of drug-likeness (QED) is 0.778. The van der Waals surface area contributed by atoms with E-state index in [1.54, 1.807) is 4.90 Å². The monoisotopic (exact) mass is 329 g/mol. The molecule has 2 unspecified atom stereocenters. The van der Waals surface area contributed by atoms with E-state index in [-0.39, 0.29) is 23.2 Å². The maximum Gasteiger partial charge on any atom is 0.328 e. The van der Waals surface area contributed by atoms with Crippen molar-refractivity contribution < 1.29 is 19.1 Å². The van der Waals surface area contributed by atoms with Crippen LogP contribution in [0.4, 0.5) is 0 Å². The molecule has 4 rings (SSSR count). The summed E-state index contributed by atoms with van der Waals surface area (Å²) in [6, 6.07) is 7.53. The van der Waals surface area contributed by atoms with Crippen LogP contribution in [0.15, 0.2) is 24.3 Å². The number of fused-ring (bicyclic) bond motifs is 1. The summed E-state index contributed by atoms with van der Waals surface area (Å²) >= 11 is 0. The molecule has 1 saturated heterocycles. The van der Waals surface area contributed by atoms with Gasteiger partial charge in [0.15, 0.2) is 0 Å². The highest BCUT2D eigenvalue weighted by atomic mass is 16.5. The van der Waals surface area contributed by atoms with Crippen LogP contribution < -0.4 is 0 Å². The first-order chi connectivity index (χ1) is 11.6. The van der Waals surface area contributed by atoms with Gasteiger partial charge in [-0.05, 0) is 35.8 Å². The minimum atomic E-state index is -0.505. The van der Waals surface area contributed by atoms with Gasteiger partial charge in [0, 0.05) is 32.1 Å². The van der Waals surface area contributed by atoms with Crippen LogP contribution in [0.1, 0.15) is 30.4 Å². The van der Waals surface area contributed by atoms with Crippen molar-refractivity contribution >= 4 is 11.9 Å². The summed E-state index contributed by atoms with van der Waals surface area (Å²) in [6.45, 7) is 1.98. The van der Waals surface area contributed by atoms with Crippen molar-refractivity contribution in [3.05, 3.63) is 35.4 Å². The van der Waals surface area contributed by atoms with Crippen LogP contribution in [0, 0.1) is 11.3 Å². The molecule has 0 radical (unpaired) electrons. The third-order valence-electron chi connectivity index (χ3n) is 5.98. The molecule has 5 nitrogen and oxygen atoms in total. The van der Waals surface area contributed by atoms with Gasteiger partial charge in [0.25, 0.3) is 0 Å². The molecule has 1 saturated carbocycles. The van der Waals surface area contributed by atoms with Gasteiger partial charge in [-0.15, -0.1) is 0 Å². The number of carbonyl (C=O) groups excluding carboxylic acids is 2. The average molecular weight is 329 g/mol. The molecule has 2 heterocycles. The lowest BCUT2D eigenvalue weighted by Gasteiger charge is -2.36. The van der Waals surface area contributed by atoms with Gasteiger partial charge in [-0.25, -0.2) is 4.79 Å². The molecule has 2 aliphatic heterocycles. The number of rotatable bonds is 2. The van der Waals surface area contributed by atoms with Gasteiger partial charge < -0.3 is 14.4 Å². The molecule has 1 aromatic carbocycles. The van der Waals surface area contributed by atoms with E-state index in [2.05, 4.69) is 0 Å². The molecule has 24 heavy (non-hydrogen) atoms. The molecule has 0 bridgehead atoms. The molecule has 3 aliphatic rings. The highest BCUT2D eigenvalue weighted by Crippen LogP contribution is 2.60. The lowest BCUT2D eigenvalue weighted by molar-refractivity contribution is -0.155. The van der Waals surface area contributed by atoms with Crippen LogP contribution in [0.5, 0.6) is 0 Å². The highest BCUT2D eigenvalue weighted by Gasteiger charge is 2.59. The zero-order valence-corrected chi connectivity index (χ0v) is 14.0. The second kappa shape index (κ2) is 5.88. The number of hydrogen-bond acceptors (Lipinski definition) is 4. The molecule has 5 heteroatoms. The van der Waals surface area contributed by atoms with E-state index in [1.165, 1.54) is 7.11 Å². The van der Waals surface area contributed by atoms with Crippen molar-refractivity contribution in [3.8, 4) is 0 Å². The summed E-state index contributed by atoms with van der Waals surface area (Å²) in [6.07, 6.45) is 3.38. The predicted molar refractivity (Wildman–Crippen MR) is 87.1 cm³/mol. The van der Waals surface area contributed by atoms with Gasteiger partial charge in [0.2, 0.25) is 5.91 Å². The summed E-state index contributed by atoms with van der Waals surface area (Å²) in [5.41, 5.74) is 2.38. The Morgan fingerprint density at radius 3 is 2.62 bits per heavy atom. The Bertz CT molecular complexity index is 665. The molecule has 1 aromatic rings. The van der Waals surface area contributed by atoms with Crippen molar-refractivity contribution in [2.45, 2.75) is 38.3 Å². The van der Waals surface area contributed by atoms with E-state index in [4.69, 9.17) is 9.47 Å². The lowest BCUT2D eigenvalue weighted by Crippen LogP contribution is -2.50. The van der Waals surface area contributed by atoms with Crippen molar-refractivity contribution in [2.24, 2.45) is 11.3 Å². The van der Waals surface area contributed by atoms with Crippen LogP contribution in [0.25, 0.3) is 0 Å². The van der Waals surface area contributed by atoms with E-state index in [0.717, 1.165) is 43.6 Å². The number of hydrogen-bond donors (Lipinski definition) is 0. The fourth-order valence-corrected chi connectivity index (χ4v) is 4.33. The smallest absolute Gasteiger partial charge is 0.328 e. The molecule has 0 N–H and O–H groups in total. The van der Waals surface area contributed by atoms with Crippen LogP contribution in [-0.2, 0) is 32.0 Å². The van der Waals surface area contributed by atoms with Crippen LogP contribution in [-0.4, -0.2) is 43.1 Å². The van der Waals surface area contributed by atoms with Crippen molar-refractivity contribution in [2.75, 3.05) is 20.3 Å². The molecule has 1 amide bonds. The number of ether oxygens (including phenoxy) is 2. The Hall–Kier alpha value is -1.88. The van der Waals surface area contributed by atoms with Crippen LogP contribution in [0.3, 0.4) is 0 Å². The molecular formula is C19H23NO4. The van der Waals surface area contributed by atoms with E-state index in [9.17, 15) is 9.59 Å². The molecule has 0 aromatic heterocycles. The van der Waals surface area contributed by atoms with Gasteiger partial charge >= 0.3 is 5.97 Å². The maximum atomic E-state index is 13.2. The van der Waals surface area contributed by atoms with Crippen molar-refractivity contribution in [1.29, 1.82) is 0 Å². The average Bonchev–Trinajstić information content (AvgIpc) is 3.32. The summed E-state index contributed by atoms with van der Waals surface area (Å²) in [7, 11) is 1.39.